The number of benzene rings is 1. The molecule has 0 aliphatic carbocycles. The van der Waals surface area contributed by atoms with Crippen molar-refractivity contribution in [3.05, 3.63) is 28.8 Å². The van der Waals surface area contributed by atoms with Crippen molar-refractivity contribution in [1.82, 2.24) is 0 Å². The fourth-order valence-corrected chi connectivity index (χ4v) is 1.44. The summed E-state index contributed by atoms with van der Waals surface area (Å²) < 4.78 is 42.7. The fraction of sp³-hybridized carbons (Fsp3) is 0.364. The Morgan fingerprint density at radius 2 is 2.06 bits per heavy atom. The van der Waals surface area contributed by atoms with E-state index in [2.05, 4.69) is 4.74 Å². The van der Waals surface area contributed by atoms with Crippen molar-refractivity contribution >= 4 is 11.7 Å². The number of halogens is 3. The van der Waals surface area contributed by atoms with Crippen LogP contribution in [0.15, 0.2) is 12.1 Å². The van der Waals surface area contributed by atoms with Gasteiger partial charge >= 0.3 is 12.1 Å². The number of carbonyl (C=O) groups is 1. The molecule has 0 spiro atoms. The molecule has 0 aliphatic rings. The molecule has 0 aromatic heterocycles. The molecule has 100 valence electrons. The Bertz CT molecular complexity index is 458. The van der Waals surface area contributed by atoms with Gasteiger partial charge in [-0.1, -0.05) is 0 Å². The van der Waals surface area contributed by atoms with Gasteiger partial charge in [-0.2, -0.15) is 13.2 Å². The summed E-state index contributed by atoms with van der Waals surface area (Å²) in [6.07, 6.45) is -4.67. The van der Waals surface area contributed by atoms with Crippen LogP contribution in [0.5, 0.6) is 0 Å². The number of alkyl halides is 3. The summed E-state index contributed by atoms with van der Waals surface area (Å²) in [5.74, 6) is -0.926. The summed E-state index contributed by atoms with van der Waals surface area (Å²) in [5, 5.41) is 8.87. The van der Waals surface area contributed by atoms with Crippen molar-refractivity contribution in [3.8, 4) is 0 Å². The molecular formula is C11H12F3NO3. The Morgan fingerprint density at radius 1 is 1.44 bits per heavy atom. The number of nitrogens with two attached hydrogens (primary N) is 1. The minimum Gasteiger partial charge on any atom is -0.462 e. The quantitative estimate of drug-likeness (QED) is 0.646. The van der Waals surface area contributed by atoms with Crippen LogP contribution < -0.4 is 5.73 Å². The molecule has 0 saturated heterocycles. The molecule has 1 aromatic rings. The molecule has 0 fully saturated rings. The van der Waals surface area contributed by atoms with Gasteiger partial charge in [0.2, 0.25) is 0 Å². The van der Waals surface area contributed by atoms with Gasteiger partial charge in [-0.25, -0.2) is 4.79 Å². The van der Waals surface area contributed by atoms with E-state index in [1.807, 2.05) is 0 Å². The fourth-order valence-electron chi connectivity index (χ4n) is 1.44. The lowest BCUT2D eigenvalue weighted by molar-refractivity contribution is -0.138. The molecule has 1 rings (SSSR count). The van der Waals surface area contributed by atoms with Crippen LogP contribution in [0.25, 0.3) is 0 Å². The third-order valence-corrected chi connectivity index (χ3v) is 2.25. The van der Waals surface area contributed by atoms with Crippen molar-refractivity contribution in [2.75, 3.05) is 12.3 Å². The molecule has 0 radical (unpaired) electrons. The Labute approximate surface area is 101 Å². The topological polar surface area (TPSA) is 72.5 Å². The first-order chi connectivity index (χ1) is 8.31. The first-order valence-corrected chi connectivity index (χ1v) is 5.08. The van der Waals surface area contributed by atoms with Crippen molar-refractivity contribution < 1.29 is 27.8 Å². The monoisotopic (exact) mass is 263 g/mol. The molecule has 0 atom stereocenters. The van der Waals surface area contributed by atoms with Crippen molar-refractivity contribution in [2.24, 2.45) is 0 Å². The maximum Gasteiger partial charge on any atom is 0.416 e. The number of aliphatic hydroxyl groups is 1. The summed E-state index contributed by atoms with van der Waals surface area (Å²) in [5.41, 5.74) is 3.46. The molecule has 18 heavy (non-hydrogen) atoms. The molecule has 3 N–H and O–H groups in total. The van der Waals surface area contributed by atoms with E-state index in [0.717, 1.165) is 6.07 Å². The minimum atomic E-state index is -4.67. The van der Waals surface area contributed by atoms with Crippen LogP contribution in [0.2, 0.25) is 0 Å². The number of hydrogen-bond donors (Lipinski definition) is 2. The SMILES string of the molecule is CCOC(=O)c1cc(C(F)(F)F)c(CO)cc1N. The lowest BCUT2D eigenvalue weighted by Crippen LogP contribution is -2.15. The highest BCUT2D eigenvalue weighted by atomic mass is 19.4. The van der Waals surface area contributed by atoms with Gasteiger partial charge < -0.3 is 15.6 Å². The van der Waals surface area contributed by atoms with Crippen molar-refractivity contribution in [1.29, 1.82) is 0 Å². The Kier molecular flexibility index (Phi) is 4.18. The van der Waals surface area contributed by atoms with Gasteiger partial charge in [-0.05, 0) is 24.6 Å². The highest BCUT2D eigenvalue weighted by molar-refractivity contribution is 5.95. The molecule has 0 bridgehead atoms. The highest BCUT2D eigenvalue weighted by Gasteiger charge is 2.34. The van der Waals surface area contributed by atoms with Gasteiger partial charge in [-0.15, -0.1) is 0 Å². The zero-order valence-corrected chi connectivity index (χ0v) is 9.54. The molecule has 0 saturated carbocycles. The molecular weight excluding hydrogens is 251 g/mol. The zero-order valence-electron chi connectivity index (χ0n) is 9.54. The van der Waals surface area contributed by atoms with Crippen LogP contribution in [-0.4, -0.2) is 17.7 Å². The summed E-state index contributed by atoms with van der Waals surface area (Å²) in [7, 11) is 0. The van der Waals surface area contributed by atoms with Crippen LogP contribution in [-0.2, 0) is 17.5 Å². The van der Waals surface area contributed by atoms with Gasteiger partial charge in [0.15, 0.2) is 0 Å². The van der Waals surface area contributed by atoms with Crippen LogP contribution >= 0.6 is 0 Å². The van der Waals surface area contributed by atoms with Crippen molar-refractivity contribution in [3.63, 3.8) is 0 Å². The summed E-state index contributed by atoms with van der Waals surface area (Å²) in [6.45, 7) is 0.740. The standard InChI is InChI=1S/C11H12F3NO3/c1-2-18-10(17)7-4-8(11(12,13)14)6(5-16)3-9(7)15/h3-4,16H,2,5,15H2,1H3. The normalized spacial score (nSPS) is 11.4. The van der Waals surface area contributed by atoms with E-state index in [1.54, 1.807) is 0 Å². The molecule has 4 nitrogen and oxygen atoms in total. The summed E-state index contributed by atoms with van der Waals surface area (Å²) >= 11 is 0. The van der Waals surface area contributed by atoms with Gasteiger partial charge in [0.05, 0.1) is 24.3 Å². The Morgan fingerprint density at radius 3 is 2.50 bits per heavy atom. The van der Waals surface area contributed by atoms with E-state index in [1.165, 1.54) is 6.92 Å². The first-order valence-electron chi connectivity index (χ1n) is 5.08. The summed E-state index contributed by atoms with van der Waals surface area (Å²) in [6, 6.07) is 1.52. The van der Waals surface area contributed by atoms with E-state index in [4.69, 9.17) is 10.8 Å². The highest BCUT2D eigenvalue weighted by Crippen LogP contribution is 2.34. The molecule has 7 heteroatoms. The molecule has 0 aliphatic heterocycles. The number of ether oxygens (including phenoxy) is 1. The number of nitrogen functional groups attached to an aromatic ring is 1. The second-order valence-electron chi connectivity index (χ2n) is 3.47. The zero-order chi connectivity index (χ0) is 13.9. The third kappa shape index (κ3) is 2.92. The number of aliphatic hydroxyl groups excluding tert-OH is 1. The van der Waals surface area contributed by atoms with E-state index >= 15 is 0 Å². The van der Waals surface area contributed by atoms with Crippen LogP contribution in [0.3, 0.4) is 0 Å². The van der Waals surface area contributed by atoms with E-state index < -0.39 is 24.3 Å². The number of hydrogen-bond acceptors (Lipinski definition) is 4. The maximum absolute atomic E-state index is 12.7. The predicted molar refractivity (Wildman–Crippen MR) is 57.7 cm³/mol. The largest absolute Gasteiger partial charge is 0.462 e. The van der Waals surface area contributed by atoms with Gasteiger partial charge in [0.25, 0.3) is 0 Å². The smallest absolute Gasteiger partial charge is 0.416 e. The van der Waals surface area contributed by atoms with E-state index in [9.17, 15) is 18.0 Å². The first kappa shape index (κ1) is 14.3. The van der Waals surface area contributed by atoms with Crippen LogP contribution in [0.1, 0.15) is 28.4 Å². The number of carbonyl (C=O) groups excluding carboxylic acids is 1. The van der Waals surface area contributed by atoms with E-state index in [0.29, 0.717) is 6.07 Å². The second-order valence-corrected chi connectivity index (χ2v) is 3.47. The van der Waals surface area contributed by atoms with E-state index in [-0.39, 0.29) is 23.4 Å². The van der Waals surface area contributed by atoms with Crippen molar-refractivity contribution in [2.45, 2.75) is 19.7 Å². The second kappa shape index (κ2) is 5.26. The maximum atomic E-state index is 12.7. The average Bonchev–Trinajstić information content (AvgIpc) is 2.27. The average molecular weight is 263 g/mol. The predicted octanol–water partition coefficient (Wildman–Crippen LogP) is 1.96. The van der Waals surface area contributed by atoms with Gasteiger partial charge in [0.1, 0.15) is 0 Å². The number of rotatable bonds is 3. The summed E-state index contributed by atoms with van der Waals surface area (Å²) in [4.78, 5) is 11.4. The third-order valence-electron chi connectivity index (χ3n) is 2.25. The lowest BCUT2D eigenvalue weighted by Gasteiger charge is -2.14. The molecule has 0 heterocycles. The molecule has 0 amide bonds. The molecule has 1 aromatic carbocycles. The van der Waals surface area contributed by atoms with Gasteiger partial charge in [-0.3, -0.25) is 0 Å². The minimum absolute atomic E-state index is 0.0291. The van der Waals surface area contributed by atoms with Gasteiger partial charge in [0, 0.05) is 5.69 Å². The van der Waals surface area contributed by atoms with Crippen LogP contribution in [0.4, 0.5) is 18.9 Å². The number of esters is 1. The lowest BCUT2D eigenvalue weighted by atomic mass is 10.0. The van der Waals surface area contributed by atoms with Crippen LogP contribution in [0, 0.1) is 0 Å². The molecule has 0 unspecified atom stereocenters. The Balaban J connectivity index is 3.35. The Hall–Kier alpha value is -1.76. The number of anilines is 1.